The van der Waals surface area contributed by atoms with E-state index in [2.05, 4.69) is 0 Å². The number of carbonyl (C=O) groups is 2. The first-order valence-electron chi connectivity index (χ1n) is 7.96. The molecule has 2 atom stereocenters. The van der Waals surface area contributed by atoms with Gasteiger partial charge in [0.15, 0.2) is 0 Å². The first-order chi connectivity index (χ1) is 11.1. The van der Waals surface area contributed by atoms with Gasteiger partial charge in [-0.2, -0.15) is 0 Å². The molecular weight excluding hydrogens is 298 g/mol. The Morgan fingerprint density at radius 1 is 1.13 bits per heavy atom. The van der Waals surface area contributed by atoms with Crippen molar-refractivity contribution in [2.45, 2.75) is 31.5 Å². The summed E-state index contributed by atoms with van der Waals surface area (Å²) >= 11 is 0. The number of amides is 1. The lowest BCUT2D eigenvalue weighted by atomic mass is 10.0. The third-order valence-corrected chi connectivity index (χ3v) is 4.43. The predicted octanol–water partition coefficient (Wildman–Crippen LogP) is 1.33. The molecule has 0 radical (unpaired) electrons. The Hall–Kier alpha value is -1.92. The van der Waals surface area contributed by atoms with Crippen molar-refractivity contribution < 1.29 is 24.2 Å². The van der Waals surface area contributed by atoms with E-state index in [-0.39, 0.29) is 23.7 Å². The number of likely N-dealkylation sites (tertiary alicyclic amines) is 1. The van der Waals surface area contributed by atoms with Crippen LogP contribution < -0.4 is 0 Å². The van der Waals surface area contributed by atoms with Gasteiger partial charge in [-0.1, -0.05) is 12.1 Å². The molecule has 6 nitrogen and oxygen atoms in total. The van der Waals surface area contributed by atoms with Gasteiger partial charge in [0.1, 0.15) is 6.10 Å². The number of piperidine rings is 1. The van der Waals surface area contributed by atoms with Gasteiger partial charge in [0.2, 0.25) is 5.91 Å². The normalized spacial score (nSPS) is 24.1. The second kappa shape index (κ2) is 7.10. The summed E-state index contributed by atoms with van der Waals surface area (Å²) in [6, 6.07) is 6.67. The highest BCUT2D eigenvalue weighted by Crippen LogP contribution is 2.21. The number of carboxylic acid groups (broad SMARTS) is 1. The van der Waals surface area contributed by atoms with E-state index in [1.54, 1.807) is 24.3 Å². The van der Waals surface area contributed by atoms with Crippen molar-refractivity contribution in [3.05, 3.63) is 35.4 Å². The fraction of sp³-hybridized carbons (Fsp3) is 0.529. The summed E-state index contributed by atoms with van der Waals surface area (Å²) in [7, 11) is 0. The molecule has 2 heterocycles. The largest absolute Gasteiger partial charge is 0.478 e. The number of ether oxygens (including phenoxy) is 2. The molecule has 2 fully saturated rings. The highest BCUT2D eigenvalue weighted by molar-refractivity contribution is 5.87. The van der Waals surface area contributed by atoms with Gasteiger partial charge in [-0.3, -0.25) is 4.79 Å². The Bertz CT molecular complexity index is 571. The number of hydrogen-bond acceptors (Lipinski definition) is 4. The van der Waals surface area contributed by atoms with Gasteiger partial charge in [-0.25, -0.2) is 4.79 Å². The lowest BCUT2D eigenvalue weighted by Gasteiger charge is -2.40. The van der Waals surface area contributed by atoms with Crippen LogP contribution in [-0.4, -0.2) is 60.4 Å². The highest BCUT2D eigenvalue weighted by Gasteiger charge is 2.34. The van der Waals surface area contributed by atoms with E-state index in [1.807, 2.05) is 4.90 Å². The second-order valence-electron chi connectivity index (χ2n) is 5.95. The number of nitrogens with zero attached hydrogens (tertiary/aromatic N) is 1. The number of benzene rings is 1. The SMILES string of the molecule is O=C(O)c1ccc(CCC(=O)N2CC[C@@H]3OCCO[C@H]3C2)cc1. The van der Waals surface area contributed by atoms with E-state index in [0.717, 1.165) is 12.0 Å². The van der Waals surface area contributed by atoms with Crippen LogP contribution in [0.3, 0.4) is 0 Å². The second-order valence-corrected chi connectivity index (χ2v) is 5.95. The van der Waals surface area contributed by atoms with Gasteiger partial charge in [0.05, 0.1) is 24.9 Å². The molecule has 0 spiro atoms. The van der Waals surface area contributed by atoms with Crippen molar-refractivity contribution in [3.63, 3.8) is 0 Å². The molecule has 0 aromatic heterocycles. The van der Waals surface area contributed by atoms with Crippen molar-refractivity contribution in [1.29, 1.82) is 0 Å². The fourth-order valence-electron chi connectivity index (χ4n) is 3.09. The number of hydrogen-bond donors (Lipinski definition) is 1. The van der Waals surface area contributed by atoms with Crippen molar-refractivity contribution in [2.75, 3.05) is 26.3 Å². The summed E-state index contributed by atoms with van der Waals surface area (Å²) in [5.41, 5.74) is 1.23. The Balaban J connectivity index is 1.50. The summed E-state index contributed by atoms with van der Waals surface area (Å²) < 4.78 is 11.3. The molecule has 2 aliphatic rings. The van der Waals surface area contributed by atoms with Gasteiger partial charge in [-0.15, -0.1) is 0 Å². The van der Waals surface area contributed by atoms with E-state index >= 15 is 0 Å². The molecule has 0 aliphatic carbocycles. The Labute approximate surface area is 135 Å². The minimum atomic E-state index is -0.940. The summed E-state index contributed by atoms with van der Waals surface area (Å²) in [5.74, 6) is -0.829. The lowest BCUT2D eigenvalue weighted by Crippen LogP contribution is -2.53. The Morgan fingerprint density at radius 3 is 2.52 bits per heavy atom. The maximum absolute atomic E-state index is 12.4. The van der Waals surface area contributed by atoms with Crippen molar-refractivity contribution in [2.24, 2.45) is 0 Å². The molecule has 1 aromatic carbocycles. The molecule has 124 valence electrons. The standard InChI is InChI=1S/C17H21NO5/c19-16(6-3-12-1-4-13(5-2-12)17(20)21)18-8-7-14-15(11-18)23-10-9-22-14/h1-2,4-5,14-15H,3,6-11H2,(H,20,21)/t14-,15-/m0/s1. The zero-order valence-electron chi connectivity index (χ0n) is 12.9. The molecular formula is C17H21NO5. The molecule has 0 saturated carbocycles. The summed E-state index contributed by atoms with van der Waals surface area (Å²) in [6.07, 6.45) is 1.97. The topological polar surface area (TPSA) is 76.1 Å². The molecule has 1 N–H and O–H groups in total. The first-order valence-corrected chi connectivity index (χ1v) is 7.96. The van der Waals surface area contributed by atoms with Crippen molar-refractivity contribution >= 4 is 11.9 Å². The zero-order valence-corrected chi connectivity index (χ0v) is 12.9. The Morgan fingerprint density at radius 2 is 1.83 bits per heavy atom. The average molecular weight is 319 g/mol. The van der Waals surface area contributed by atoms with Crippen LogP contribution >= 0.6 is 0 Å². The van der Waals surface area contributed by atoms with E-state index in [9.17, 15) is 9.59 Å². The minimum absolute atomic E-state index is 0.00343. The molecule has 0 unspecified atom stereocenters. The molecule has 6 heteroatoms. The lowest BCUT2D eigenvalue weighted by molar-refractivity contribution is -0.171. The molecule has 2 saturated heterocycles. The van der Waals surface area contributed by atoms with E-state index in [0.29, 0.717) is 39.1 Å². The quantitative estimate of drug-likeness (QED) is 0.906. The zero-order chi connectivity index (χ0) is 16.2. The maximum Gasteiger partial charge on any atom is 0.335 e. The van der Waals surface area contributed by atoms with Crippen LogP contribution in [0.4, 0.5) is 0 Å². The molecule has 1 aromatic rings. The Kier molecular flexibility index (Phi) is 4.93. The van der Waals surface area contributed by atoms with Gasteiger partial charge in [-0.05, 0) is 30.5 Å². The molecule has 2 aliphatic heterocycles. The van der Waals surface area contributed by atoms with Crippen LogP contribution in [0, 0.1) is 0 Å². The highest BCUT2D eigenvalue weighted by atomic mass is 16.6. The van der Waals surface area contributed by atoms with Gasteiger partial charge >= 0.3 is 5.97 Å². The van der Waals surface area contributed by atoms with Gasteiger partial charge in [0.25, 0.3) is 0 Å². The van der Waals surface area contributed by atoms with Crippen molar-refractivity contribution in [3.8, 4) is 0 Å². The van der Waals surface area contributed by atoms with Gasteiger partial charge < -0.3 is 19.5 Å². The minimum Gasteiger partial charge on any atom is -0.478 e. The number of fused-ring (bicyclic) bond motifs is 1. The van der Waals surface area contributed by atoms with Crippen LogP contribution in [0.2, 0.25) is 0 Å². The van der Waals surface area contributed by atoms with Crippen LogP contribution in [0.5, 0.6) is 0 Å². The molecule has 0 bridgehead atoms. The van der Waals surface area contributed by atoms with Crippen LogP contribution in [-0.2, 0) is 20.7 Å². The average Bonchev–Trinajstić information content (AvgIpc) is 2.59. The van der Waals surface area contributed by atoms with Crippen LogP contribution in [0.15, 0.2) is 24.3 Å². The third kappa shape index (κ3) is 3.89. The first kappa shape index (κ1) is 16.0. The predicted molar refractivity (Wildman–Crippen MR) is 82.4 cm³/mol. The smallest absolute Gasteiger partial charge is 0.335 e. The number of rotatable bonds is 4. The monoisotopic (exact) mass is 319 g/mol. The molecule has 1 amide bonds. The van der Waals surface area contributed by atoms with Crippen LogP contribution in [0.25, 0.3) is 0 Å². The van der Waals surface area contributed by atoms with E-state index in [1.165, 1.54) is 0 Å². The number of aryl methyl sites for hydroxylation is 1. The number of carbonyl (C=O) groups excluding carboxylic acids is 1. The maximum atomic E-state index is 12.4. The summed E-state index contributed by atoms with van der Waals surface area (Å²) in [6.45, 7) is 2.54. The third-order valence-electron chi connectivity index (χ3n) is 4.43. The van der Waals surface area contributed by atoms with Crippen molar-refractivity contribution in [1.82, 2.24) is 4.90 Å². The van der Waals surface area contributed by atoms with Gasteiger partial charge in [0, 0.05) is 19.5 Å². The van der Waals surface area contributed by atoms with E-state index < -0.39 is 5.97 Å². The number of aromatic carboxylic acids is 1. The molecule has 3 rings (SSSR count). The van der Waals surface area contributed by atoms with Crippen LogP contribution in [0.1, 0.15) is 28.8 Å². The molecule has 23 heavy (non-hydrogen) atoms. The summed E-state index contributed by atoms with van der Waals surface area (Å²) in [5, 5.41) is 8.88. The number of carboxylic acids is 1. The summed E-state index contributed by atoms with van der Waals surface area (Å²) in [4.78, 5) is 25.0. The fourth-order valence-corrected chi connectivity index (χ4v) is 3.09. The van der Waals surface area contributed by atoms with E-state index in [4.69, 9.17) is 14.6 Å².